The number of carboxylic acid groups (broad SMARTS) is 1. The molecule has 3 rings (SSSR count). The number of alkyl halides is 1. The molecule has 0 spiro atoms. The van der Waals surface area contributed by atoms with Gasteiger partial charge in [-0.15, -0.1) is 0 Å². The fraction of sp³-hybridized carbons (Fsp3) is 0.174. The summed E-state index contributed by atoms with van der Waals surface area (Å²) in [6.45, 7) is 1.72. The van der Waals surface area contributed by atoms with Crippen molar-refractivity contribution in [3.8, 4) is 6.07 Å². The molecule has 2 aromatic carbocycles. The summed E-state index contributed by atoms with van der Waals surface area (Å²) < 4.78 is -0.298. The summed E-state index contributed by atoms with van der Waals surface area (Å²) in [4.78, 5) is 24.7. The maximum absolute atomic E-state index is 13.0. The number of aryl methyl sites for hydroxylation is 1. The number of nitriles is 1. The molecule has 0 bridgehead atoms. The molecule has 0 heterocycles. The number of carbonyl (C=O) groups is 2. The van der Waals surface area contributed by atoms with Crippen molar-refractivity contribution >= 4 is 85.9 Å². The molecule has 2 N–H and O–H groups in total. The predicted molar refractivity (Wildman–Crippen MR) is 142 cm³/mol. The minimum Gasteiger partial charge on any atom is -0.547 e. The van der Waals surface area contributed by atoms with E-state index in [1.165, 1.54) is 18.2 Å². The van der Waals surface area contributed by atoms with E-state index in [0.717, 1.165) is 0 Å². The van der Waals surface area contributed by atoms with Crippen molar-refractivity contribution in [2.45, 2.75) is 22.4 Å². The third-order valence-electron chi connectivity index (χ3n) is 5.19. The van der Waals surface area contributed by atoms with Crippen molar-refractivity contribution in [2.24, 2.45) is 0 Å². The van der Waals surface area contributed by atoms with Gasteiger partial charge in [-0.2, -0.15) is 5.26 Å². The second kappa shape index (κ2) is 12.1. The van der Waals surface area contributed by atoms with Crippen LogP contribution in [0.3, 0.4) is 0 Å². The van der Waals surface area contributed by atoms with Crippen LogP contribution in [0.1, 0.15) is 22.6 Å². The van der Waals surface area contributed by atoms with Crippen molar-refractivity contribution in [2.75, 3.05) is 5.32 Å². The van der Waals surface area contributed by atoms with Crippen LogP contribution in [0.5, 0.6) is 0 Å². The van der Waals surface area contributed by atoms with Crippen LogP contribution in [-0.2, 0) is 9.59 Å². The molecule has 3 unspecified atom stereocenters. The zero-order valence-electron chi connectivity index (χ0n) is 17.9. The van der Waals surface area contributed by atoms with Crippen LogP contribution in [0.15, 0.2) is 57.7 Å². The molecule has 3 atom stereocenters. The number of allylic oxidation sites excluding steroid dienone is 2. The van der Waals surface area contributed by atoms with Crippen LogP contribution in [0.4, 0.5) is 5.69 Å². The summed E-state index contributed by atoms with van der Waals surface area (Å²) in [6.07, 6.45) is 2.84. The van der Waals surface area contributed by atoms with Gasteiger partial charge in [0.15, 0.2) is 0 Å². The molecule has 6 nitrogen and oxygen atoms in total. The van der Waals surface area contributed by atoms with E-state index in [0.29, 0.717) is 31.0 Å². The normalized spacial score (nSPS) is 20.2. The van der Waals surface area contributed by atoms with Crippen LogP contribution in [0.25, 0.3) is 0 Å². The minimum absolute atomic E-state index is 0. The Balaban J connectivity index is 0.00000408. The Labute approximate surface area is 256 Å². The van der Waals surface area contributed by atoms with E-state index in [1.54, 1.807) is 59.8 Å². The summed E-state index contributed by atoms with van der Waals surface area (Å²) in [6, 6.07) is 12.3. The summed E-state index contributed by atoms with van der Waals surface area (Å²) in [5, 5.41) is 35.6. The van der Waals surface area contributed by atoms with Crippen LogP contribution < -0.4 is 40.0 Å². The number of carbonyl (C=O) groups excluding carboxylic acids is 2. The largest absolute Gasteiger partial charge is 1.00 e. The number of hydrogen-bond donors (Lipinski definition) is 2. The summed E-state index contributed by atoms with van der Waals surface area (Å²) in [5.41, 5.74) is -0.660. The van der Waals surface area contributed by atoms with Crippen molar-refractivity contribution in [1.29, 1.82) is 5.26 Å². The van der Waals surface area contributed by atoms with Gasteiger partial charge in [0.25, 0.3) is 5.91 Å². The summed E-state index contributed by atoms with van der Waals surface area (Å²) in [7, 11) is 0. The van der Waals surface area contributed by atoms with Gasteiger partial charge >= 0.3 is 29.6 Å². The molecule has 0 aromatic heterocycles. The SMILES string of the molecule is Cc1cc(C(C#N)c2ccc(Cl)cc2)c(Cl)cc1NC(=O)C1=CC(I)=CC(I)C1(O)C(=O)[O-].[Na+]. The number of halogens is 4. The Morgan fingerprint density at radius 2 is 1.88 bits per heavy atom. The third kappa shape index (κ3) is 6.00. The van der Waals surface area contributed by atoms with Crippen LogP contribution in [-0.4, -0.2) is 26.5 Å². The van der Waals surface area contributed by atoms with Gasteiger partial charge in [-0.25, -0.2) is 0 Å². The Hall–Kier alpha value is -0.650. The minimum atomic E-state index is -2.49. The first-order valence-corrected chi connectivity index (χ1v) is 12.5. The molecular weight excluding hydrogens is 716 g/mol. The van der Waals surface area contributed by atoms with E-state index in [2.05, 4.69) is 11.4 Å². The second-order valence-electron chi connectivity index (χ2n) is 7.32. The molecule has 1 aliphatic rings. The molecule has 0 saturated heterocycles. The topological polar surface area (TPSA) is 113 Å². The molecule has 11 heteroatoms. The number of nitrogens with zero attached hydrogens (tertiary/aromatic N) is 1. The van der Waals surface area contributed by atoms with E-state index in [1.807, 2.05) is 22.6 Å². The maximum atomic E-state index is 13.0. The van der Waals surface area contributed by atoms with E-state index in [9.17, 15) is 25.1 Å². The molecule has 0 aliphatic heterocycles. The van der Waals surface area contributed by atoms with Crippen LogP contribution >= 0.6 is 68.4 Å². The quantitative estimate of drug-likeness (QED) is 0.275. The van der Waals surface area contributed by atoms with Gasteiger partial charge in [0.05, 0.1) is 27.5 Å². The summed E-state index contributed by atoms with van der Waals surface area (Å²) >= 11 is 16.1. The standard InChI is InChI=1S/C23H16Cl2I2N2O4.Na/c1-11-6-15(16(10-28)12-2-4-13(24)5-3-12)18(25)9-19(11)29-21(30)17-7-14(26)8-20(27)23(17,33)22(31)32;/h2-9,16,20,33H,1H3,(H,29,30)(H,31,32);/q;+1/p-1. The number of anilines is 1. The number of aliphatic carboxylic acids is 1. The number of benzene rings is 2. The number of hydrogen-bond acceptors (Lipinski definition) is 5. The molecule has 1 amide bonds. The Morgan fingerprint density at radius 3 is 2.44 bits per heavy atom. The van der Waals surface area contributed by atoms with Gasteiger partial charge in [-0.1, -0.05) is 70.1 Å². The van der Waals surface area contributed by atoms with Gasteiger partial charge in [-0.3, -0.25) is 4.79 Å². The predicted octanol–water partition coefficient (Wildman–Crippen LogP) is 1.44. The summed E-state index contributed by atoms with van der Waals surface area (Å²) in [5.74, 6) is -3.23. The molecular formula is C23H15Cl2I2N2NaO4. The molecule has 34 heavy (non-hydrogen) atoms. The average molecular weight is 731 g/mol. The van der Waals surface area contributed by atoms with Crippen molar-refractivity contribution < 1.29 is 49.4 Å². The fourth-order valence-corrected chi connectivity index (χ4v) is 6.13. The van der Waals surface area contributed by atoms with E-state index < -0.39 is 27.3 Å². The third-order valence-corrected chi connectivity index (χ3v) is 7.70. The number of rotatable bonds is 5. The maximum Gasteiger partial charge on any atom is 1.00 e. The zero-order valence-corrected chi connectivity index (χ0v) is 25.7. The van der Waals surface area contributed by atoms with Crippen LogP contribution in [0.2, 0.25) is 10.0 Å². The molecule has 2 aromatic rings. The Bertz CT molecular complexity index is 1240. The Morgan fingerprint density at radius 1 is 1.26 bits per heavy atom. The van der Waals surface area contributed by atoms with Crippen molar-refractivity contribution in [3.63, 3.8) is 0 Å². The smallest absolute Gasteiger partial charge is 0.547 e. The van der Waals surface area contributed by atoms with Crippen molar-refractivity contribution in [3.05, 3.63) is 84.4 Å². The molecule has 0 radical (unpaired) electrons. The molecule has 0 saturated carbocycles. The average Bonchev–Trinajstić information content (AvgIpc) is 2.75. The first-order valence-electron chi connectivity index (χ1n) is 9.42. The van der Waals surface area contributed by atoms with Crippen molar-refractivity contribution in [1.82, 2.24) is 0 Å². The monoisotopic (exact) mass is 730 g/mol. The van der Waals surface area contributed by atoms with Gasteiger partial charge in [-0.05, 0) is 70.5 Å². The van der Waals surface area contributed by atoms with Gasteiger partial charge < -0.3 is 20.3 Å². The Kier molecular flexibility index (Phi) is 10.5. The second-order valence-corrected chi connectivity index (χ2v) is 10.8. The number of amides is 1. The van der Waals surface area contributed by atoms with Gasteiger partial charge in [0, 0.05) is 19.3 Å². The van der Waals surface area contributed by atoms with Crippen LogP contribution in [0, 0.1) is 18.3 Å². The van der Waals surface area contributed by atoms with Gasteiger partial charge in [0.2, 0.25) is 0 Å². The van der Waals surface area contributed by atoms with Gasteiger partial charge in [0.1, 0.15) is 5.60 Å². The fourth-order valence-electron chi connectivity index (χ4n) is 3.39. The number of carboxylic acids is 1. The first-order chi connectivity index (χ1) is 15.5. The number of nitrogens with one attached hydrogen (secondary N) is 1. The number of aliphatic hydroxyl groups is 1. The van der Waals surface area contributed by atoms with E-state index >= 15 is 0 Å². The van der Waals surface area contributed by atoms with E-state index in [4.69, 9.17) is 23.2 Å². The van der Waals surface area contributed by atoms with E-state index in [-0.39, 0.29) is 40.2 Å². The molecule has 1 aliphatic carbocycles. The molecule has 0 fully saturated rings. The first kappa shape index (κ1) is 29.6. The molecule has 170 valence electrons. The zero-order chi connectivity index (χ0) is 24.5.